The first-order valence-electron chi connectivity index (χ1n) is 10.4. The summed E-state index contributed by atoms with van der Waals surface area (Å²) in [5.41, 5.74) is 8.13. The van der Waals surface area contributed by atoms with E-state index in [9.17, 15) is 4.79 Å². The van der Waals surface area contributed by atoms with E-state index in [0.29, 0.717) is 12.2 Å². The minimum Gasteiger partial charge on any atom is -0.298 e. The highest BCUT2D eigenvalue weighted by Crippen LogP contribution is 2.35. The van der Waals surface area contributed by atoms with Crippen molar-refractivity contribution in [2.24, 2.45) is 0 Å². The summed E-state index contributed by atoms with van der Waals surface area (Å²) in [6.07, 6.45) is 9.92. The highest BCUT2D eigenvalue weighted by Gasteiger charge is 2.16. The summed E-state index contributed by atoms with van der Waals surface area (Å²) in [5.74, 6) is 0.344. The Bertz CT molecular complexity index is 945. The molecule has 2 aromatic rings. The molecule has 0 aliphatic heterocycles. The van der Waals surface area contributed by atoms with Crippen LogP contribution in [0, 0.1) is 0 Å². The lowest BCUT2D eigenvalue weighted by Gasteiger charge is -2.16. The van der Waals surface area contributed by atoms with Gasteiger partial charge in [-0.15, -0.1) is 17.5 Å². The van der Waals surface area contributed by atoms with Crippen molar-refractivity contribution in [3.05, 3.63) is 101 Å². The van der Waals surface area contributed by atoms with E-state index in [4.69, 9.17) is 0 Å². The zero-order chi connectivity index (χ0) is 20.5. The van der Waals surface area contributed by atoms with Crippen LogP contribution in [-0.2, 0) is 4.79 Å². The van der Waals surface area contributed by atoms with Crippen LogP contribution in [0.15, 0.2) is 89.5 Å². The number of unbranched alkanes of at least 4 members (excludes halogenated alkanes) is 1. The van der Waals surface area contributed by atoms with Crippen molar-refractivity contribution in [1.82, 2.24) is 0 Å². The molecule has 0 aromatic heterocycles. The molecule has 1 aliphatic rings. The number of rotatable bonds is 8. The van der Waals surface area contributed by atoms with Crippen LogP contribution in [0.1, 0.15) is 50.7 Å². The Morgan fingerprint density at radius 2 is 1.69 bits per heavy atom. The third-order valence-electron chi connectivity index (χ3n) is 4.98. The van der Waals surface area contributed by atoms with E-state index in [0.717, 1.165) is 30.4 Å². The molecule has 2 heteroatoms. The normalized spacial score (nSPS) is 18.5. The molecular weight excluding hydrogens is 372 g/mol. The Morgan fingerprint density at radius 1 is 1.03 bits per heavy atom. The van der Waals surface area contributed by atoms with Gasteiger partial charge < -0.3 is 0 Å². The number of carbonyl (C=O) groups is 1. The molecule has 0 heterocycles. The van der Waals surface area contributed by atoms with Crippen LogP contribution < -0.4 is 0 Å². The molecule has 3 rings (SSSR count). The maximum atomic E-state index is 12.4. The molecule has 1 aliphatic carbocycles. The average molecular weight is 401 g/mol. The summed E-state index contributed by atoms with van der Waals surface area (Å²) in [6.45, 7) is 4.15. The van der Waals surface area contributed by atoms with Crippen molar-refractivity contribution in [2.75, 3.05) is 0 Å². The number of allylic oxidation sites excluding steroid dienone is 5. The van der Waals surface area contributed by atoms with E-state index in [1.165, 1.54) is 16.0 Å². The Hall–Kier alpha value is -2.54. The van der Waals surface area contributed by atoms with Crippen molar-refractivity contribution >= 4 is 28.7 Å². The van der Waals surface area contributed by atoms with Gasteiger partial charge in [0.2, 0.25) is 0 Å². The molecule has 1 nitrogen and oxygen atoms in total. The molecule has 1 unspecified atom stereocenters. The van der Waals surface area contributed by atoms with Gasteiger partial charge in [0.05, 0.1) is 5.25 Å². The van der Waals surface area contributed by atoms with Crippen LogP contribution in [0.2, 0.25) is 0 Å². The van der Waals surface area contributed by atoms with E-state index < -0.39 is 0 Å². The Labute approximate surface area is 178 Å². The van der Waals surface area contributed by atoms with Crippen molar-refractivity contribution in [2.45, 2.75) is 44.8 Å². The molecule has 0 amide bonds. The predicted molar refractivity (Wildman–Crippen MR) is 127 cm³/mol. The molecule has 0 radical (unpaired) electrons. The second-order valence-corrected chi connectivity index (χ2v) is 8.67. The highest BCUT2D eigenvalue weighted by molar-refractivity contribution is 8.04. The maximum absolute atomic E-state index is 12.4. The van der Waals surface area contributed by atoms with E-state index >= 15 is 0 Å². The number of benzene rings is 2. The Morgan fingerprint density at radius 3 is 2.34 bits per heavy atom. The SMILES string of the molecule is CCCCC(=O)C(C)S/C1=C/C=C=C(c2ccccc2)/C(c2ccccc2)=C/C1. The largest absolute Gasteiger partial charge is 0.298 e. The van der Waals surface area contributed by atoms with E-state index in [2.05, 4.69) is 73.3 Å². The lowest BCUT2D eigenvalue weighted by molar-refractivity contribution is -0.118. The fraction of sp³-hybridized carbons (Fsp3) is 0.259. The Balaban J connectivity index is 1.91. The number of thioether (sulfide) groups is 1. The zero-order valence-electron chi connectivity index (χ0n) is 17.2. The summed E-state index contributed by atoms with van der Waals surface area (Å²) >= 11 is 1.68. The molecule has 0 saturated carbocycles. The van der Waals surface area contributed by atoms with Gasteiger partial charge in [0.1, 0.15) is 5.78 Å². The van der Waals surface area contributed by atoms with Crippen LogP contribution in [0.5, 0.6) is 0 Å². The number of carbonyl (C=O) groups excluding carboxylic acids is 1. The molecule has 0 fully saturated rings. The predicted octanol–water partition coefficient (Wildman–Crippen LogP) is 7.48. The highest BCUT2D eigenvalue weighted by atomic mass is 32.2. The second-order valence-electron chi connectivity index (χ2n) is 7.20. The van der Waals surface area contributed by atoms with Gasteiger partial charge in [-0.2, -0.15) is 0 Å². The standard InChI is InChI=1S/C27H28OS/c1-3-4-18-27(28)21(2)29-24-16-11-17-25(22-12-7-5-8-13-22)26(20-19-24)23-14-9-6-10-15-23/h5-16,20-21H,3-4,18-19H2,1-2H3/b24-16+,26-20+. The number of hydrogen-bond acceptors (Lipinski definition) is 2. The van der Waals surface area contributed by atoms with E-state index in [1.807, 2.05) is 25.1 Å². The van der Waals surface area contributed by atoms with Crippen LogP contribution >= 0.6 is 11.8 Å². The molecule has 29 heavy (non-hydrogen) atoms. The van der Waals surface area contributed by atoms with Gasteiger partial charge in [0.25, 0.3) is 0 Å². The Kier molecular flexibility index (Phi) is 7.93. The number of hydrogen-bond donors (Lipinski definition) is 0. The van der Waals surface area contributed by atoms with Crippen LogP contribution in [0.3, 0.4) is 0 Å². The number of ketones is 1. The summed E-state index contributed by atoms with van der Waals surface area (Å²) in [4.78, 5) is 13.6. The molecular formula is C27H28OS. The molecule has 2 aromatic carbocycles. The average Bonchev–Trinajstić information content (AvgIpc) is 2.75. The van der Waals surface area contributed by atoms with Gasteiger partial charge in [0, 0.05) is 12.0 Å². The first-order chi connectivity index (χ1) is 14.2. The minimum absolute atomic E-state index is 0.00762. The lowest BCUT2D eigenvalue weighted by Crippen LogP contribution is -2.13. The minimum atomic E-state index is -0.00762. The third kappa shape index (κ3) is 5.97. The first-order valence-corrected chi connectivity index (χ1v) is 11.2. The van der Waals surface area contributed by atoms with Gasteiger partial charge in [-0.1, -0.05) is 80.1 Å². The van der Waals surface area contributed by atoms with Crippen molar-refractivity contribution in [1.29, 1.82) is 0 Å². The lowest BCUT2D eigenvalue weighted by atomic mass is 9.91. The fourth-order valence-corrected chi connectivity index (χ4v) is 4.36. The van der Waals surface area contributed by atoms with Gasteiger partial charge in [-0.25, -0.2) is 0 Å². The monoisotopic (exact) mass is 400 g/mol. The van der Waals surface area contributed by atoms with Gasteiger partial charge >= 0.3 is 0 Å². The first kappa shape index (κ1) is 21.2. The van der Waals surface area contributed by atoms with E-state index in [-0.39, 0.29) is 5.25 Å². The quantitative estimate of drug-likeness (QED) is 0.427. The van der Waals surface area contributed by atoms with Crippen LogP contribution in [-0.4, -0.2) is 11.0 Å². The summed E-state index contributed by atoms with van der Waals surface area (Å²) in [7, 11) is 0. The molecule has 0 N–H and O–H groups in total. The zero-order valence-corrected chi connectivity index (χ0v) is 18.0. The van der Waals surface area contributed by atoms with Crippen LogP contribution in [0.4, 0.5) is 0 Å². The van der Waals surface area contributed by atoms with Crippen molar-refractivity contribution < 1.29 is 4.79 Å². The maximum Gasteiger partial charge on any atom is 0.145 e. The summed E-state index contributed by atoms with van der Waals surface area (Å²) < 4.78 is 0. The van der Waals surface area contributed by atoms with Gasteiger partial charge in [-0.3, -0.25) is 4.79 Å². The number of Topliss-reactive ketones (excluding diaryl/α,β-unsaturated/α-hetero) is 1. The van der Waals surface area contributed by atoms with Gasteiger partial charge in [-0.05, 0) is 53.5 Å². The third-order valence-corrected chi connectivity index (χ3v) is 6.20. The second kappa shape index (κ2) is 10.9. The molecule has 0 bridgehead atoms. The van der Waals surface area contributed by atoms with E-state index in [1.54, 1.807) is 11.8 Å². The molecule has 0 spiro atoms. The molecule has 148 valence electrons. The van der Waals surface area contributed by atoms with Crippen molar-refractivity contribution in [3.63, 3.8) is 0 Å². The van der Waals surface area contributed by atoms with Crippen molar-refractivity contribution in [3.8, 4) is 0 Å². The van der Waals surface area contributed by atoms with Gasteiger partial charge in [0.15, 0.2) is 0 Å². The topological polar surface area (TPSA) is 17.1 Å². The van der Waals surface area contributed by atoms with Crippen LogP contribution in [0.25, 0.3) is 11.1 Å². The molecule has 0 saturated heterocycles. The smallest absolute Gasteiger partial charge is 0.145 e. The summed E-state index contributed by atoms with van der Waals surface area (Å²) in [5, 5.41) is -0.00762. The molecule has 1 atom stereocenters. The summed E-state index contributed by atoms with van der Waals surface area (Å²) in [6, 6.07) is 20.9. The fourth-order valence-electron chi connectivity index (χ4n) is 3.33.